The summed E-state index contributed by atoms with van der Waals surface area (Å²) in [6, 6.07) is 15.8. The second-order valence-corrected chi connectivity index (χ2v) is 7.25. The predicted octanol–water partition coefficient (Wildman–Crippen LogP) is 4.51. The Morgan fingerprint density at radius 3 is 2.68 bits per heavy atom. The van der Waals surface area contributed by atoms with Gasteiger partial charge in [-0.15, -0.1) is 11.8 Å². The van der Waals surface area contributed by atoms with E-state index in [4.69, 9.17) is 0 Å². The van der Waals surface area contributed by atoms with Gasteiger partial charge in [0.25, 0.3) is 0 Å². The van der Waals surface area contributed by atoms with Crippen LogP contribution in [0.5, 0.6) is 0 Å². The highest BCUT2D eigenvalue weighted by Crippen LogP contribution is 2.42. The largest absolute Gasteiger partial charge is 0.326 e. The number of nitrogens with zero attached hydrogens (tertiary/aromatic N) is 1. The van der Waals surface area contributed by atoms with Crippen molar-refractivity contribution in [1.29, 1.82) is 0 Å². The maximum Gasteiger partial charge on any atom is 0.238 e. The lowest BCUT2D eigenvalue weighted by Gasteiger charge is -2.25. The Bertz CT molecular complexity index is 774. The van der Waals surface area contributed by atoms with Gasteiger partial charge >= 0.3 is 0 Å². The molecule has 0 spiro atoms. The van der Waals surface area contributed by atoms with Crippen molar-refractivity contribution in [2.75, 3.05) is 16.0 Å². The van der Waals surface area contributed by atoms with Gasteiger partial charge in [-0.25, -0.2) is 0 Å². The quantitative estimate of drug-likeness (QED) is 0.859. The molecule has 1 atom stereocenters. The summed E-state index contributed by atoms with van der Waals surface area (Å²) in [6.45, 7) is 4.01. The van der Waals surface area contributed by atoms with Crippen LogP contribution in [0.15, 0.2) is 48.5 Å². The minimum Gasteiger partial charge on any atom is -0.326 e. The van der Waals surface area contributed by atoms with Crippen LogP contribution in [0.1, 0.15) is 36.3 Å². The van der Waals surface area contributed by atoms with Crippen LogP contribution < -0.4 is 10.2 Å². The fourth-order valence-electron chi connectivity index (χ4n) is 2.91. The minimum atomic E-state index is -0.0327. The molecule has 4 nitrogen and oxygen atoms in total. The molecule has 0 aromatic heterocycles. The van der Waals surface area contributed by atoms with E-state index < -0.39 is 0 Å². The maximum atomic E-state index is 12.4. The molecule has 0 saturated carbocycles. The Labute approximate surface area is 152 Å². The lowest BCUT2D eigenvalue weighted by molar-refractivity contribution is -0.116. The summed E-state index contributed by atoms with van der Waals surface area (Å²) < 4.78 is 0. The SMILES string of the molecule is CCCC(=O)Nc1ccc([C@H]2SCC(=O)N2c2cccc(C)c2)cc1. The number of nitrogens with one attached hydrogen (secondary N) is 1. The topological polar surface area (TPSA) is 49.4 Å². The van der Waals surface area contributed by atoms with E-state index in [2.05, 4.69) is 5.32 Å². The van der Waals surface area contributed by atoms with Crippen molar-refractivity contribution in [3.63, 3.8) is 0 Å². The molecule has 2 aromatic rings. The lowest BCUT2D eigenvalue weighted by atomic mass is 10.1. The molecule has 0 bridgehead atoms. The van der Waals surface area contributed by atoms with Gasteiger partial charge in [-0.1, -0.05) is 31.2 Å². The fourth-order valence-corrected chi connectivity index (χ4v) is 4.09. The molecule has 130 valence electrons. The van der Waals surface area contributed by atoms with E-state index in [1.165, 1.54) is 0 Å². The molecule has 2 amide bonds. The third-order valence-corrected chi connectivity index (χ3v) is 5.32. The fraction of sp³-hybridized carbons (Fsp3) is 0.300. The third kappa shape index (κ3) is 4.04. The number of carbonyl (C=O) groups is 2. The molecular formula is C20H22N2O2S. The third-order valence-electron chi connectivity index (χ3n) is 4.10. The van der Waals surface area contributed by atoms with Gasteiger partial charge in [0.05, 0.1) is 5.75 Å². The Morgan fingerprint density at radius 1 is 1.24 bits per heavy atom. The van der Waals surface area contributed by atoms with Crippen LogP contribution in [0.25, 0.3) is 0 Å². The summed E-state index contributed by atoms with van der Waals surface area (Å²) in [5, 5.41) is 2.86. The number of aryl methyl sites for hydroxylation is 1. The van der Waals surface area contributed by atoms with Crippen LogP contribution >= 0.6 is 11.8 Å². The molecular weight excluding hydrogens is 332 g/mol. The van der Waals surface area contributed by atoms with E-state index in [-0.39, 0.29) is 17.2 Å². The van der Waals surface area contributed by atoms with E-state index in [0.717, 1.165) is 28.9 Å². The molecule has 3 rings (SSSR count). The Balaban J connectivity index is 1.80. The number of carbonyl (C=O) groups excluding carboxylic acids is 2. The monoisotopic (exact) mass is 354 g/mol. The number of hydrogen-bond donors (Lipinski definition) is 1. The Kier molecular flexibility index (Phi) is 5.43. The molecule has 5 heteroatoms. The molecule has 0 aliphatic carbocycles. The molecule has 25 heavy (non-hydrogen) atoms. The zero-order valence-electron chi connectivity index (χ0n) is 14.5. The molecule has 1 aliphatic rings. The van der Waals surface area contributed by atoms with Gasteiger partial charge in [-0.2, -0.15) is 0 Å². The van der Waals surface area contributed by atoms with Crippen molar-refractivity contribution in [2.24, 2.45) is 0 Å². The number of thioether (sulfide) groups is 1. The van der Waals surface area contributed by atoms with Gasteiger partial charge in [0.2, 0.25) is 11.8 Å². The molecule has 1 N–H and O–H groups in total. The standard InChI is InChI=1S/C20H22N2O2S/c1-3-5-18(23)21-16-10-8-15(9-11-16)20-22(19(24)13-25-20)17-7-4-6-14(2)12-17/h4,6-12,20H,3,5,13H2,1-2H3,(H,21,23)/t20-/m1/s1. The number of hydrogen-bond acceptors (Lipinski definition) is 3. The molecule has 1 fully saturated rings. The van der Waals surface area contributed by atoms with Crippen molar-refractivity contribution in [2.45, 2.75) is 32.1 Å². The zero-order chi connectivity index (χ0) is 17.8. The number of rotatable bonds is 5. The highest BCUT2D eigenvalue weighted by atomic mass is 32.2. The molecule has 1 saturated heterocycles. The lowest BCUT2D eigenvalue weighted by Crippen LogP contribution is -2.27. The Morgan fingerprint density at radius 2 is 2.00 bits per heavy atom. The zero-order valence-corrected chi connectivity index (χ0v) is 15.3. The van der Waals surface area contributed by atoms with Crippen LogP contribution in [-0.2, 0) is 9.59 Å². The Hall–Kier alpha value is -2.27. The van der Waals surface area contributed by atoms with Gasteiger partial charge in [-0.05, 0) is 48.7 Å². The van der Waals surface area contributed by atoms with Gasteiger partial charge in [-0.3, -0.25) is 14.5 Å². The molecule has 2 aromatic carbocycles. The van der Waals surface area contributed by atoms with E-state index >= 15 is 0 Å². The van der Waals surface area contributed by atoms with Gasteiger partial charge in [0, 0.05) is 17.8 Å². The summed E-state index contributed by atoms with van der Waals surface area (Å²) in [7, 11) is 0. The minimum absolute atomic E-state index is 0.0297. The average molecular weight is 354 g/mol. The van der Waals surface area contributed by atoms with Crippen LogP contribution in [0.2, 0.25) is 0 Å². The summed E-state index contributed by atoms with van der Waals surface area (Å²) in [6.07, 6.45) is 1.35. The van der Waals surface area contributed by atoms with Crippen LogP contribution in [0.3, 0.4) is 0 Å². The molecule has 1 heterocycles. The highest BCUT2D eigenvalue weighted by Gasteiger charge is 2.33. The van der Waals surface area contributed by atoms with E-state index in [0.29, 0.717) is 12.2 Å². The van der Waals surface area contributed by atoms with Crippen LogP contribution in [-0.4, -0.2) is 17.6 Å². The van der Waals surface area contributed by atoms with Crippen molar-refractivity contribution >= 4 is 35.0 Å². The van der Waals surface area contributed by atoms with Crippen molar-refractivity contribution in [3.8, 4) is 0 Å². The summed E-state index contributed by atoms with van der Waals surface area (Å²) in [4.78, 5) is 26.0. The smallest absolute Gasteiger partial charge is 0.238 e. The van der Waals surface area contributed by atoms with Gasteiger partial charge in [0.15, 0.2) is 0 Å². The maximum absolute atomic E-state index is 12.4. The van der Waals surface area contributed by atoms with E-state index in [1.54, 1.807) is 11.8 Å². The summed E-state index contributed by atoms with van der Waals surface area (Å²) in [5.74, 6) is 0.635. The molecule has 0 radical (unpaired) electrons. The van der Waals surface area contributed by atoms with Crippen molar-refractivity contribution < 1.29 is 9.59 Å². The van der Waals surface area contributed by atoms with Crippen molar-refractivity contribution in [1.82, 2.24) is 0 Å². The van der Waals surface area contributed by atoms with E-state index in [1.807, 2.05) is 67.3 Å². The summed E-state index contributed by atoms with van der Waals surface area (Å²) in [5.41, 5.74) is 3.92. The first-order valence-electron chi connectivity index (χ1n) is 8.48. The summed E-state index contributed by atoms with van der Waals surface area (Å²) >= 11 is 1.63. The van der Waals surface area contributed by atoms with Crippen LogP contribution in [0.4, 0.5) is 11.4 Å². The predicted molar refractivity (Wildman–Crippen MR) is 104 cm³/mol. The van der Waals surface area contributed by atoms with E-state index in [9.17, 15) is 9.59 Å². The second kappa shape index (κ2) is 7.74. The number of amides is 2. The first-order valence-corrected chi connectivity index (χ1v) is 9.53. The van der Waals surface area contributed by atoms with Crippen LogP contribution in [0, 0.1) is 6.92 Å². The van der Waals surface area contributed by atoms with Gasteiger partial charge in [0.1, 0.15) is 5.37 Å². The number of anilines is 2. The highest BCUT2D eigenvalue weighted by molar-refractivity contribution is 8.00. The second-order valence-electron chi connectivity index (χ2n) is 6.19. The molecule has 1 aliphatic heterocycles. The average Bonchev–Trinajstić information content (AvgIpc) is 2.97. The first kappa shape index (κ1) is 17.5. The van der Waals surface area contributed by atoms with Gasteiger partial charge < -0.3 is 5.32 Å². The number of benzene rings is 2. The first-order chi connectivity index (χ1) is 12.1. The normalized spacial score (nSPS) is 17.0. The van der Waals surface area contributed by atoms with Crippen molar-refractivity contribution in [3.05, 3.63) is 59.7 Å². The molecule has 0 unspecified atom stereocenters.